The van der Waals surface area contributed by atoms with Crippen molar-refractivity contribution in [1.82, 2.24) is 24.9 Å². The highest BCUT2D eigenvalue weighted by atomic mass is 35.5. The van der Waals surface area contributed by atoms with Crippen molar-refractivity contribution in [1.29, 1.82) is 0 Å². The van der Waals surface area contributed by atoms with Crippen LogP contribution in [0.25, 0.3) is 5.69 Å². The Hall–Kier alpha value is -2.60. The molecule has 2 heterocycles. The summed E-state index contributed by atoms with van der Waals surface area (Å²) in [5.41, 5.74) is 4.69. The molecule has 7 heteroatoms. The fourth-order valence-corrected chi connectivity index (χ4v) is 3.20. The van der Waals surface area contributed by atoms with Gasteiger partial charge in [0.05, 0.1) is 17.8 Å². The number of benzene rings is 1. The van der Waals surface area contributed by atoms with Gasteiger partial charge in [-0.15, -0.1) is 0 Å². The van der Waals surface area contributed by atoms with Crippen molar-refractivity contribution in [3.8, 4) is 5.69 Å². The molecule has 27 heavy (non-hydrogen) atoms. The topological polar surface area (TPSA) is 64.7 Å². The molecule has 0 atom stereocenters. The third kappa shape index (κ3) is 4.57. The van der Waals surface area contributed by atoms with Gasteiger partial charge in [0, 0.05) is 41.8 Å². The molecule has 3 aromatic rings. The van der Waals surface area contributed by atoms with E-state index in [-0.39, 0.29) is 5.91 Å². The quantitative estimate of drug-likeness (QED) is 0.634. The average Bonchev–Trinajstić information content (AvgIpc) is 3.25. The first kappa shape index (κ1) is 19.2. The Balaban J connectivity index is 1.62. The number of carbonyl (C=O) groups is 1. The van der Waals surface area contributed by atoms with Crippen LogP contribution in [0, 0.1) is 20.8 Å². The van der Waals surface area contributed by atoms with Gasteiger partial charge >= 0.3 is 0 Å². The number of hydrogen-bond donors (Lipinski definition) is 1. The van der Waals surface area contributed by atoms with Crippen LogP contribution in [0.2, 0.25) is 5.02 Å². The molecule has 0 aliphatic carbocycles. The zero-order valence-corrected chi connectivity index (χ0v) is 16.6. The van der Waals surface area contributed by atoms with Crippen LogP contribution in [-0.2, 0) is 17.8 Å². The lowest BCUT2D eigenvalue weighted by Gasteiger charge is -2.08. The maximum absolute atomic E-state index is 12.3. The molecule has 3 rings (SSSR count). The lowest BCUT2D eigenvalue weighted by Crippen LogP contribution is -2.27. The predicted octanol–water partition coefficient (Wildman–Crippen LogP) is 3.40. The van der Waals surface area contributed by atoms with E-state index in [0.717, 1.165) is 41.2 Å². The molecule has 0 unspecified atom stereocenters. The fourth-order valence-electron chi connectivity index (χ4n) is 3.02. The average molecular weight is 386 g/mol. The molecule has 1 aromatic carbocycles. The van der Waals surface area contributed by atoms with Crippen molar-refractivity contribution in [2.24, 2.45) is 0 Å². The van der Waals surface area contributed by atoms with E-state index in [9.17, 15) is 4.79 Å². The zero-order valence-electron chi connectivity index (χ0n) is 15.9. The summed E-state index contributed by atoms with van der Waals surface area (Å²) in [5, 5.41) is 12.4. The summed E-state index contributed by atoms with van der Waals surface area (Å²) in [4.78, 5) is 12.3. The Morgan fingerprint density at radius 1 is 1.26 bits per heavy atom. The molecule has 0 saturated heterocycles. The molecule has 0 bridgehead atoms. The summed E-state index contributed by atoms with van der Waals surface area (Å²) >= 11 is 6.24. The van der Waals surface area contributed by atoms with Gasteiger partial charge in [0.25, 0.3) is 0 Å². The van der Waals surface area contributed by atoms with Crippen LogP contribution in [0.4, 0.5) is 0 Å². The summed E-state index contributed by atoms with van der Waals surface area (Å²) in [6, 6.07) is 7.75. The summed E-state index contributed by atoms with van der Waals surface area (Å²) in [5.74, 6) is 0.00292. The number of hydrogen-bond acceptors (Lipinski definition) is 3. The number of aromatic nitrogens is 4. The van der Waals surface area contributed by atoms with Gasteiger partial charge in [-0.3, -0.25) is 9.48 Å². The number of nitrogens with zero attached hydrogens (tertiary/aromatic N) is 4. The highest BCUT2D eigenvalue weighted by molar-refractivity contribution is 6.31. The van der Waals surface area contributed by atoms with Gasteiger partial charge in [0.15, 0.2) is 0 Å². The highest BCUT2D eigenvalue weighted by Gasteiger charge is 2.16. The Bertz CT molecular complexity index is 930. The van der Waals surface area contributed by atoms with Gasteiger partial charge in [-0.05, 0) is 51.0 Å². The first-order valence-corrected chi connectivity index (χ1v) is 9.39. The molecule has 6 nitrogen and oxygen atoms in total. The molecule has 1 N–H and O–H groups in total. The van der Waals surface area contributed by atoms with Gasteiger partial charge in [-0.2, -0.15) is 10.2 Å². The second-order valence-electron chi connectivity index (χ2n) is 6.64. The Labute approximate surface area is 164 Å². The van der Waals surface area contributed by atoms with Crippen LogP contribution in [0.15, 0.2) is 36.7 Å². The number of carbonyl (C=O) groups excluding carboxylic acids is 1. The molecule has 0 fully saturated rings. The minimum atomic E-state index is 0.00292. The van der Waals surface area contributed by atoms with Crippen LogP contribution in [-0.4, -0.2) is 32.0 Å². The molecular formula is C20H24ClN5O. The van der Waals surface area contributed by atoms with Gasteiger partial charge in [-0.25, -0.2) is 4.68 Å². The van der Waals surface area contributed by atoms with Crippen molar-refractivity contribution in [2.45, 2.75) is 40.2 Å². The summed E-state index contributed by atoms with van der Waals surface area (Å²) in [6.07, 6.45) is 4.83. The van der Waals surface area contributed by atoms with E-state index in [2.05, 4.69) is 15.5 Å². The van der Waals surface area contributed by atoms with Crippen molar-refractivity contribution < 1.29 is 4.79 Å². The number of amides is 1. The van der Waals surface area contributed by atoms with E-state index >= 15 is 0 Å². The largest absolute Gasteiger partial charge is 0.356 e. The minimum Gasteiger partial charge on any atom is -0.356 e. The first-order chi connectivity index (χ1) is 13.0. The molecule has 142 valence electrons. The van der Waals surface area contributed by atoms with Gasteiger partial charge in [-0.1, -0.05) is 17.7 Å². The molecule has 0 saturated carbocycles. The smallest absolute Gasteiger partial charge is 0.224 e. The molecule has 0 aliphatic heterocycles. The normalized spacial score (nSPS) is 11.0. The molecule has 0 spiro atoms. The van der Waals surface area contributed by atoms with Gasteiger partial charge in [0.1, 0.15) is 0 Å². The second kappa shape index (κ2) is 8.39. The molecule has 1 amide bonds. The van der Waals surface area contributed by atoms with E-state index in [1.807, 2.05) is 60.6 Å². The van der Waals surface area contributed by atoms with Crippen LogP contribution < -0.4 is 5.32 Å². The fraction of sp³-hybridized carbons (Fsp3) is 0.350. The third-order valence-electron chi connectivity index (χ3n) is 4.62. The minimum absolute atomic E-state index is 0.00292. The van der Waals surface area contributed by atoms with Crippen molar-refractivity contribution in [3.63, 3.8) is 0 Å². The van der Waals surface area contributed by atoms with E-state index in [1.165, 1.54) is 0 Å². The molecular weight excluding hydrogens is 362 g/mol. The van der Waals surface area contributed by atoms with Crippen LogP contribution in [0.3, 0.4) is 0 Å². The number of halogens is 1. The number of nitrogens with one attached hydrogen (secondary N) is 1. The number of aryl methyl sites for hydroxylation is 3. The summed E-state index contributed by atoms with van der Waals surface area (Å²) in [6.45, 7) is 7.29. The van der Waals surface area contributed by atoms with Crippen molar-refractivity contribution >= 4 is 17.5 Å². The van der Waals surface area contributed by atoms with Crippen LogP contribution >= 0.6 is 11.6 Å². The van der Waals surface area contributed by atoms with Crippen molar-refractivity contribution in [2.75, 3.05) is 6.54 Å². The maximum atomic E-state index is 12.3. The van der Waals surface area contributed by atoms with E-state index in [0.29, 0.717) is 18.0 Å². The predicted molar refractivity (Wildman–Crippen MR) is 106 cm³/mol. The maximum Gasteiger partial charge on any atom is 0.224 e. The van der Waals surface area contributed by atoms with Gasteiger partial charge in [0.2, 0.25) is 5.91 Å². The zero-order chi connectivity index (χ0) is 19.4. The summed E-state index contributed by atoms with van der Waals surface area (Å²) < 4.78 is 3.71. The lowest BCUT2D eigenvalue weighted by atomic mass is 10.1. The van der Waals surface area contributed by atoms with E-state index in [1.54, 1.807) is 6.20 Å². The second-order valence-corrected chi connectivity index (χ2v) is 7.05. The standard InChI is InChI=1S/C20H24ClN5O/c1-14-6-7-17(12-19(14)21)26-16(3)18(15(2)24-26)13-20(27)22-8-4-10-25-11-5-9-23-25/h5-7,9,11-12H,4,8,10,13H2,1-3H3,(H,22,27). The Morgan fingerprint density at radius 2 is 2.07 bits per heavy atom. The van der Waals surface area contributed by atoms with E-state index < -0.39 is 0 Å². The first-order valence-electron chi connectivity index (χ1n) is 9.01. The molecule has 0 aliphatic rings. The monoisotopic (exact) mass is 385 g/mol. The SMILES string of the molecule is Cc1ccc(-n2nc(C)c(CC(=O)NCCCn3cccn3)c2C)cc1Cl. The lowest BCUT2D eigenvalue weighted by molar-refractivity contribution is -0.120. The molecule has 2 aromatic heterocycles. The Morgan fingerprint density at radius 3 is 2.78 bits per heavy atom. The number of rotatable bonds is 7. The van der Waals surface area contributed by atoms with Crippen LogP contribution in [0.5, 0.6) is 0 Å². The van der Waals surface area contributed by atoms with Crippen molar-refractivity contribution in [3.05, 3.63) is 64.2 Å². The molecule has 0 radical (unpaired) electrons. The van der Waals surface area contributed by atoms with Gasteiger partial charge < -0.3 is 5.32 Å². The Kier molecular flexibility index (Phi) is 5.96. The highest BCUT2D eigenvalue weighted by Crippen LogP contribution is 2.23. The van der Waals surface area contributed by atoms with E-state index in [4.69, 9.17) is 11.6 Å². The summed E-state index contributed by atoms with van der Waals surface area (Å²) in [7, 11) is 0. The third-order valence-corrected chi connectivity index (χ3v) is 5.03. The van der Waals surface area contributed by atoms with Crippen LogP contribution in [0.1, 0.15) is 28.9 Å².